The van der Waals surface area contributed by atoms with Crippen molar-refractivity contribution in [1.82, 2.24) is 0 Å². The molecular formula is C21H16O3. The van der Waals surface area contributed by atoms with Crippen molar-refractivity contribution in [2.24, 2.45) is 0 Å². The minimum Gasteiger partial charge on any atom is -0.497 e. The van der Waals surface area contributed by atoms with Crippen LogP contribution in [-0.2, 0) is 0 Å². The molecule has 3 heteroatoms. The van der Waals surface area contributed by atoms with Crippen LogP contribution < -0.4 is 4.74 Å². The molecule has 1 heterocycles. The third-order valence-electron chi connectivity index (χ3n) is 4.25. The van der Waals surface area contributed by atoms with Gasteiger partial charge in [-0.25, -0.2) is 0 Å². The van der Waals surface area contributed by atoms with E-state index < -0.39 is 0 Å². The van der Waals surface area contributed by atoms with Gasteiger partial charge >= 0.3 is 0 Å². The van der Waals surface area contributed by atoms with Gasteiger partial charge in [-0.3, -0.25) is 4.79 Å². The van der Waals surface area contributed by atoms with Crippen molar-refractivity contribution >= 4 is 27.5 Å². The van der Waals surface area contributed by atoms with E-state index in [0.717, 1.165) is 38.8 Å². The fraction of sp³-hybridized carbons (Fsp3) is 0.0952. The maximum Gasteiger partial charge on any atom is 0.159 e. The van der Waals surface area contributed by atoms with Gasteiger partial charge in [-0.1, -0.05) is 18.2 Å². The number of ether oxygens (including phenoxy) is 1. The zero-order valence-electron chi connectivity index (χ0n) is 13.5. The zero-order chi connectivity index (χ0) is 16.7. The number of Topliss-reactive ketones (excluding diaryl/α,β-unsaturated/α-hetero) is 1. The molecule has 3 aromatic carbocycles. The predicted octanol–water partition coefficient (Wildman–Crippen LogP) is 5.46. The molecule has 0 fully saturated rings. The van der Waals surface area contributed by atoms with Crippen molar-refractivity contribution in [1.29, 1.82) is 0 Å². The first-order valence-electron chi connectivity index (χ1n) is 7.77. The number of fused-ring (bicyclic) bond motifs is 2. The molecule has 0 amide bonds. The van der Waals surface area contributed by atoms with Crippen LogP contribution >= 0.6 is 0 Å². The van der Waals surface area contributed by atoms with Crippen LogP contribution in [0.25, 0.3) is 33.1 Å². The lowest BCUT2D eigenvalue weighted by atomic mass is 10.0. The SMILES string of the molecule is COc1ccc2cc(-c3cc4cc(C(C)=O)ccc4o3)ccc2c1. The maximum atomic E-state index is 11.5. The molecule has 1 aromatic heterocycles. The monoisotopic (exact) mass is 316 g/mol. The van der Waals surface area contributed by atoms with E-state index in [0.29, 0.717) is 5.56 Å². The number of methoxy groups -OCH3 is 1. The number of carbonyl (C=O) groups is 1. The molecule has 0 unspecified atom stereocenters. The standard InChI is InChI=1S/C21H16O3/c1-13(22)14-6-8-20-18(9-14)12-21(24-20)17-4-3-16-11-19(23-2)7-5-15(16)10-17/h3-12H,1-2H3. The van der Waals surface area contributed by atoms with Gasteiger partial charge in [-0.05, 0) is 60.2 Å². The summed E-state index contributed by atoms with van der Waals surface area (Å²) in [5, 5.41) is 3.18. The average molecular weight is 316 g/mol. The van der Waals surface area contributed by atoms with Gasteiger partial charge in [0.1, 0.15) is 17.1 Å². The maximum absolute atomic E-state index is 11.5. The molecule has 3 nitrogen and oxygen atoms in total. The van der Waals surface area contributed by atoms with Crippen LogP contribution in [0.5, 0.6) is 5.75 Å². The number of benzene rings is 3. The molecular weight excluding hydrogens is 300 g/mol. The first-order chi connectivity index (χ1) is 11.6. The molecule has 0 bridgehead atoms. The minimum absolute atomic E-state index is 0.0549. The van der Waals surface area contributed by atoms with Crippen molar-refractivity contribution in [2.45, 2.75) is 6.92 Å². The topological polar surface area (TPSA) is 39.4 Å². The second kappa shape index (κ2) is 5.53. The lowest BCUT2D eigenvalue weighted by Gasteiger charge is -2.04. The van der Waals surface area contributed by atoms with E-state index in [-0.39, 0.29) is 5.78 Å². The molecule has 118 valence electrons. The van der Waals surface area contributed by atoms with Crippen LogP contribution in [0.3, 0.4) is 0 Å². The molecule has 0 saturated heterocycles. The molecule has 0 saturated carbocycles. The van der Waals surface area contributed by atoms with Crippen LogP contribution in [0.15, 0.2) is 65.1 Å². The van der Waals surface area contributed by atoms with Gasteiger partial charge in [-0.2, -0.15) is 0 Å². The minimum atomic E-state index is 0.0549. The zero-order valence-corrected chi connectivity index (χ0v) is 13.5. The Bertz CT molecular complexity index is 1070. The highest BCUT2D eigenvalue weighted by Gasteiger charge is 2.09. The molecule has 4 aromatic rings. The van der Waals surface area contributed by atoms with Gasteiger partial charge in [-0.15, -0.1) is 0 Å². The number of hydrogen-bond donors (Lipinski definition) is 0. The normalized spacial score (nSPS) is 11.1. The van der Waals surface area contributed by atoms with Crippen molar-refractivity contribution in [3.63, 3.8) is 0 Å². The summed E-state index contributed by atoms with van der Waals surface area (Å²) in [7, 11) is 1.67. The Labute approximate surface area is 139 Å². The van der Waals surface area contributed by atoms with Crippen LogP contribution in [0, 0.1) is 0 Å². The molecule has 0 aliphatic rings. The summed E-state index contributed by atoms with van der Waals surface area (Å²) < 4.78 is 11.2. The summed E-state index contributed by atoms with van der Waals surface area (Å²) in [6.07, 6.45) is 0. The smallest absolute Gasteiger partial charge is 0.159 e. The van der Waals surface area contributed by atoms with E-state index in [4.69, 9.17) is 9.15 Å². The fourth-order valence-electron chi connectivity index (χ4n) is 2.91. The number of rotatable bonds is 3. The Kier molecular flexibility index (Phi) is 3.35. The van der Waals surface area contributed by atoms with Crippen molar-refractivity contribution in [2.75, 3.05) is 7.11 Å². The van der Waals surface area contributed by atoms with E-state index in [1.165, 1.54) is 0 Å². The Morgan fingerprint density at radius 2 is 1.67 bits per heavy atom. The number of ketones is 1. The predicted molar refractivity (Wildman–Crippen MR) is 95.7 cm³/mol. The summed E-state index contributed by atoms with van der Waals surface area (Å²) in [5.41, 5.74) is 2.48. The van der Waals surface area contributed by atoms with E-state index in [1.807, 2.05) is 42.5 Å². The second-order valence-electron chi connectivity index (χ2n) is 5.85. The van der Waals surface area contributed by atoms with Gasteiger partial charge < -0.3 is 9.15 Å². The van der Waals surface area contributed by atoms with E-state index >= 15 is 0 Å². The van der Waals surface area contributed by atoms with Gasteiger partial charge in [0.25, 0.3) is 0 Å². The molecule has 0 aliphatic carbocycles. The average Bonchev–Trinajstić information content (AvgIpc) is 3.03. The van der Waals surface area contributed by atoms with Crippen LogP contribution in [0.4, 0.5) is 0 Å². The van der Waals surface area contributed by atoms with E-state index in [1.54, 1.807) is 20.1 Å². The molecule has 0 atom stereocenters. The van der Waals surface area contributed by atoms with Crippen LogP contribution in [0.2, 0.25) is 0 Å². The Balaban J connectivity index is 1.81. The highest BCUT2D eigenvalue weighted by Crippen LogP contribution is 2.31. The molecule has 0 aliphatic heterocycles. The van der Waals surface area contributed by atoms with E-state index in [9.17, 15) is 4.79 Å². The van der Waals surface area contributed by atoms with Crippen molar-refractivity contribution in [3.05, 3.63) is 66.2 Å². The highest BCUT2D eigenvalue weighted by atomic mass is 16.5. The van der Waals surface area contributed by atoms with Gasteiger partial charge in [0.2, 0.25) is 0 Å². The summed E-state index contributed by atoms with van der Waals surface area (Å²) >= 11 is 0. The largest absolute Gasteiger partial charge is 0.497 e. The van der Waals surface area contributed by atoms with Crippen LogP contribution in [0.1, 0.15) is 17.3 Å². The molecule has 0 N–H and O–H groups in total. The number of hydrogen-bond acceptors (Lipinski definition) is 3. The van der Waals surface area contributed by atoms with Crippen LogP contribution in [-0.4, -0.2) is 12.9 Å². The Morgan fingerprint density at radius 3 is 2.46 bits per heavy atom. The number of carbonyl (C=O) groups excluding carboxylic acids is 1. The number of furan rings is 1. The summed E-state index contributed by atoms with van der Waals surface area (Å²) in [6, 6.07) is 19.7. The van der Waals surface area contributed by atoms with Gasteiger partial charge in [0.15, 0.2) is 5.78 Å². The lowest BCUT2D eigenvalue weighted by molar-refractivity contribution is 0.101. The highest BCUT2D eigenvalue weighted by molar-refractivity contribution is 5.98. The van der Waals surface area contributed by atoms with Crippen molar-refractivity contribution < 1.29 is 13.9 Å². The fourth-order valence-corrected chi connectivity index (χ4v) is 2.91. The molecule has 24 heavy (non-hydrogen) atoms. The van der Waals surface area contributed by atoms with Gasteiger partial charge in [0, 0.05) is 16.5 Å². The third kappa shape index (κ3) is 2.44. The Hall–Kier alpha value is -3.07. The van der Waals surface area contributed by atoms with Crippen molar-refractivity contribution in [3.8, 4) is 17.1 Å². The molecule has 0 spiro atoms. The lowest BCUT2D eigenvalue weighted by Crippen LogP contribution is -1.89. The summed E-state index contributed by atoms with van der Waals surface area (Å²) in [5.74, 6) is 1.69. The van der Waals surface area contributed by atoms with Gasteiger partial charge in [0.05, 0.1) is 7.11 Å². The quantitative estimate of drug-likeness (QED) is 0.471. The first-order valence-corrected chi connectivity index (χ1v) is 7.77. The Morgan fingerprint density at radius 1 is 0.875 bits per heavy atom. The molecule has 4 rings (SSSR count). The summed E-state index contributed by atoms with van der Waals surface area (Å²) in [6.45, 7) is 1.57. The van der Waals surface area contributed by atoms with E-state index in [2.05, 4.69) is 12.1 Å². The third-order valence-corrected chi connectivity index (χ3v) is 4.25. The molecule has 0 radical (unpaired) electrons. The first kappa shape index (κ1) is 14.5. The summed E-state index contributed by atoms with van der Waals surface area (Å²) in [4.78, 5) is 11.5. The second-order valence-corrected chi connectivity index (χ2v) is 5.85.